The van der Waals surface area contributed by atoms with E-state index in [1.54, 1.807) is 18.2 Å². The molecule has 1 aromatic carbocycles. The highest BCUT2D eigenvalue weighted by molar-refractivity contribution is 5.89. The second-order valence-corrected chi connectivity index (χ2v) is 5.80. The normalized spacial score (nSPS) is 25.9. The van der Waals surface area contributed by atoms with Crippen LogP contribution in [0.25, 0.3) is 0 Å². The maximum Gasteiger partial charge on any atom is 0.337 e. The van der Waals surface area contributed by atoms with Crippen molar-refractivity contribution in [2.24, 2.45) is 17.8 Å². The zero-order chi connectivity index (χ0) is 14.8. The molecule has 110 valence electrons. The summed E-state index contributed by atoms with van der Waals surface area (Å²) in [5.41, 5.74) is 1.41. The fourth-order valence-corrected chi connectivity index (χ4v) is 3.33. The molecule has 1 fully saturated rings. The third-order valence-corrected chi connectivity index (χ3v) is 4.43. The third-order valence-electron chi connectivity index (χ3n) is 4.43. The predicted molar refractivity (Wildman–Crippen MR) is 78.5 cm³/mol. The maximum absolute atomic E-state index is 12.2. The predicted octanol–water partition coefficient (Wildman–Crippen LogP) is 2.30. The molecule has 0 heterocycles. The lowest BCUT2D eigenvalue weighted by molar-refractivity contribution is -0.125. The van der Waals surface area contributed by atoms with Crippen LogP contribution in [0.2, 0.25) is 0 Å². The molecule has 4 heteroatoms. The van der Waals surface area contributed by atoms with Crippen LogP contribution in [0.3, 0.4) is 0 Å². The fourth-order valence-electron chi connectivity index (χ4n) is 3.33. The monoisotopic (exact) mass is 285 g/mol. The van der Waals surface area contributed by atoms with Gasteiger partial charge in [0, 0.05) is 12.5 Å². The van der Waals surface area contributed by atoms with Crippen molar-refractivity contribution in [2.75, 3.05) is 7.11 Å². The molecule has 3 atom stereocenters. The van der Waals surface area contributed by atoms with E-state index in [1.165, 1.54) is 7.11 Å². The first-order valence-electron chi connectivity index (χ1n) is 7.30. The molecule has 0 radical (unpaired) electrons. The lowest BCUT2D eigenvalue weighted by Crippen LogP contribution is -2.32. The molecule has 1 saturated carbocycles. The highest BCUT2D eigenvalue weighted by Gasteiger charge is 2.39. The van der Waals surface area contributed by atoms with E-state index >= 15 is 0 Å². The largest absolute Gasteiger partial charge is 0.465 e. The van der Waals surface area contributed by atoms with E-state index in [0.717, 1.165) is 18.4 Å². The van der Waals surface area contributed by atoms with Gasteiger partial charge in [0.05, 0.1) is 12.7 Å². The number of benzene rings is 1. The molecule has 2 bridgehead atoms. The third kappa shape index (κ3) is 2.84. The summed E-state index contributed by atoms with van der Waals surface area (Å²) in [6.45, 7) is 0.446. The fraction of sp³-hybridized carbons (Fsp3) is 0.412. The number of carbonyl (C=O) groups excluding carboxylic acids is 2. The number of nitrogens with one attached hydrogen (secondary N) is 1. The van der Waals surface area contributed by atoms with E-state index < -0.39 is 0 Å². The van der Waals surface area contributed by atoms with Gasteiger partial charge < -0.3 is 10.1 Å². The average molecular weight is 285 g/mol. The Kier molecular flexibility index (Phi) is 3.78. The van der Waals surface area contributed by atoms with Crippen molar-refractivity contribution in [2.45, 2.75) is 19.4 Å². The van der Waals surface area contributed by atoms with Gasteiger partial charge in [-0.15, -0.1) is 0 Å². The number of hydrogen-bond donors (Lipinski definition) is 1. The zero-order valence-electron chi connectivity index (χ0n) is 12.0. The first kappa shape index (κ1) is 13.9. The summed E-state index contributed by atoms with van der Waals surface area (Å²) < 4.78 is 4.70. The molecular formula is C17H19NO3. The van der Waals surface area contributed by atoms with Crippen LogP contribution in [-0.4, -0.2) is 19.0 Å². The lowest BCUT2D eigenvalue weighted by atomic mass is 9.93. The molecule has 0 aliphatic heterocycles. The Morgan fingerprint density at radius 3 is 2.81 bits per heavy atom. The van der Waals surface area contributed by atoms with Gasteiger partial charge in [-0.2, -0.15) is 0 Å². The molecule has 0 spiro atoms. The van der Waals surface area contributed by atoms with Crippen molar-refractivity contribution in [3.8, 4) is 0 Å². The lowest BCUT2D eigenvalue weighted by Gasteiger charge is -2.17. The van der Waals surface area contributed by atoms with Gasteiger partial charge in [0.25, 0.3) is 0 Å². The topological polar surface area (TPSA) is 55.4 Å². The van der Waals surface area contributed by atoms with Crippen LogP contribution < -0.4 is 5.32 Å². The van der Waals surface area contributed by atoms with Crippen LogP contribution in [0.4, 0.5) is 0 Å². The first-order valence-corrected chi connectivity index (χ1v) is 7.30. The van der Waals surface area contributed by atoms with Gasteiger partial charge in [0.15, 0.2) is 0 Å². The Balaban J connectivity index is 1.59. The van der Waals surface area contributed by atoms with E-state index in [-0.39, 0.29) is 17.8 Å². The Morgan fingerprint density at radius 1 is 1.29 bits per heavy atom. The second-order valence-electron chi connectivity index (χ2n) is 5.80. The summed E-state index contributed by atoms with van der Waals surface area (Å²) in [6, 6.07) is 7.16. The van der Waals surface area contributed by atoms with Crippen LogP contribution in [0.1, 0.15) is 28.8 Å². The Labute approximate surface area is 124 Å². The molecular weight excluding hydrogens is 266 g/mol. The summed E-state index contributed by atoms with van der Waals surface area (Å²) in [7, 11) is 1.36. The highest BCUT2D eigenvalue weighted by Crippen LogP contribution is 2.43. The van der Waals surface area contributed by atoms with Crippen LogP contribution in [0.15, 0.2) is 36.4 Å². The van der Waals surface area contributed by atoms with Crippen LogP contribution in [0.5, 0.6) is 0 Å². The number of rotatable bonds is 4. The highest BCUT2D eigenvalue weighted by atomic mass is 16.5. The summed E-state index contributed by atoms with van der Waals surface area (Å²) >= 11 is 0. The van der Waals surface area contributed by atoms with E-state index in [2.05, 4.69) is 17.5 Å². The Morgan fingerprint density at radius 2 is 2.14 bits per heavy atom. The number of carbonyl (C=O) groups is 2. The number of esters is 1. The van der Waals surface area contributed by atoms with Crippen LogP contribution in [-0.2, 0) is 16.1 Å². The van der Waals surface area contributed by atoms with Gasteiger partial charge in [-0.1, -0.05) is 24.3 Å². The molecule has 1 N–H and O–H groups in total. The van der Waals surface area contributed by atoms with Crippen LogP contribution >= 0.6 is 0 Å². The summed E-state index contributed by atoms with van der Waals surface area (Å²) in [5, 5.41) is 2.98. The molecule has 0 aromatic heterocycles. The molecule has 0 unspecified atom stereocenters. The quantitative estimate of drug-likeness (QED) is 0.682. The van der Waals surface area contributed by atoms with E-state index in [1.807, 2.05) is 6.07 Å². The molecule has 2 aliphatic carbocycles. The molecule has 0 saturated heterocycles. The number of fused-ring (bicyclic) bond motifs is 2. The summed E-state index contributed by atoms with van der Waals surface area (Å²) in [4.78, 5) is 23.7. The first-order chi connectivity index (χ1) is 10.2. The van der Waals surface area contributed by atoms with Gasteiger partial charge in [-0.25, -0.2) is 4.79 Å². The van der Waals surface area contributed by atoms with Crippen molar-refractivity contribution >= 4 is 11.9 Å². The Bertz CT molecular complexity index is 593. The number of allylic oxidation sites excluding steroid dienone is 2. The van der Waals surface area contributed by atoms with Gasteiger partial charge in [0.2, 0.25) is 5.91 Å². The Hall–Kier alpha value is -2.10. The maximum atomic E-state index is 12.2. The minimum Gasteiger partial charge on any atom is -0.465 e. The number of methoxy groups -OCH3 is 1. The number of hydrogen-bond acceptors (Lipinski definition) is 3. The molecule has 4 nitrogen and oxygen atoms in total. The van der Waals surface area contributed by atoms with Crippen molar-refractivity contribution in [3.05, 3.63) is 47.5 Å². The minimum atomic E-state index is -0.360. The molecule has 3 rings (SSSR count). The van der Waals surface area contributed by atoms with Gasteiger partial charge in [-0.3, -0.25) is 4.79 Å². The SMILES string of the molecule is COC(=O)c1cccc(CNC(=O)[C@H]2C[C@H]3C=C[C@H]2C3)c1. The van der Waals surface area contributed by atoms with E-state index in [4.69, 9.17) is 4.74 Å². The van der Waals surface area contributed by atoms with E-state index in [0.29, 0.717) is 23.9 Å². The van der Waals surface area contributed by atoms with Crippen molar-refractivity contribution in [1.82, 2.24) is 5.32 Å². The standard InChI is InChI=1S/C17H19NO3/c1-21-17(20)14-4-2-3-12(8-14)10-18-16(19)15-9-11-5-6-13(15)7-11/h2-6,8,11,13,15H,7,9-10H2,1H3,(H,18,19)/t11-,13-,15-/m0/s1. The van der Waals surface area contributed by atoms with Crippen molar-refractivity contribution < 1.29 is 14.3 Å². The van der Waals surface area contributed by atoms with Crippen molar-refractivity contribution in [1.29, 1.82) is 0 Å². The second kappa shape index (κ2) is 5.72. The van der Waals surface area contributed by atoms with Gasteiger partial charge in [0.1, 0.15) is 0 Å². The van der Waals surface area contributed by atoms with E-state index in [9.17, 15) is 9.59 Å². The summed E-state index contributed by atoms with van der Waals surface area (Å²) in [6.07, 6.45) is 6.50. The molecule has 1 aromatic rings. The number of ether oxygens (including phenoxy) is 1. The molecule has 2 aliphatic rings. The molecule has 21 heavy (non-hydrogen) atoms. The van der Waals surface area contributed by atoms with Crippen molar-refractivity contribution in [3.63, 3.8) is 0 Å². The number of amides is 1. The van der Waals surface area contributed by atoms with Gasteiger partial charge in [-0.05, 0) is 42.4 Å². The minimum absolute atomic E-state index is 0.115. The van der Waals surface area contributed by atoms with Gasteiger partial charge >= 0.3 is 5.97 Å². The molecule has 1 amide bonds. The smallest absolute Gasteiger partial charge is 0.337 e. The zero-order valence-corrected chi connectivity index (χ0v) is 12.0. The average Bonchev–Trinajstić information content (AvgIpc) is 3.15. The summed E-state index contributed by atoms with van der Waals surface area (Å²) in [5.74, 6) is 0.880. The van der Waals surface area contributed by atoms with Crippen LogP contribution in [0, 0.1) is 17.8 Å².